The highest BCUT2D eigenvalue weighted by atomic mass is 32.1. The summed E-state index contributed by atoms with van der Waals surface area (Å²) in [6.07, 6.45) is 1.17. The number of carbonyl (C=O) groups is 2. The summed E-state index contributed by atoms with van der Waals surface area (Å²) in [7, 11) is 0. The van der Waals surface area contributed by atoms with E-state index in [1.807, 2.05) is 0 Å². The third-order valence-corrected chi connectivity index (χ3v) is 3.91. The van der Waals surface area contributed by atoms with Crippen LogP contribution < -0.4 is 0 Å². The van der Waals surface area contributed by atoms with Crippen LogP contribution >= 0.6 is 11.5 Å². The second-order valence-electron chi connectivity index (χ2n) is 4.35. The number of hydrogen-bond acceptors (Lipinski definition) is 6. The van der Waals surface area contributed by atoms with Crippen LogP contribution in [0.2, 0.25) is 0 Å². The molecule has 1 saturated carbocycles. The van der Waals surface area contributed by atoms with Crippen molar-refractivity contribution in [1.82, 2.24) is 9.59 Å². The number of aliphatic hydroxyl groups is 1. The molecule has 1 heterocycles. The number of aliphatic hydroxyl groups excluding tert-OH is 1. The van der Waals surface area contributed by atoms with Crippen LogP contribution in [0.15, 0.2) is 23.8 Å². The van der Waals surface area contributed by atoms with Gasteiger partial charge in [-0.1, -0.05) is 10.6 Å². The molecule has 5 nitrogen and oxygen atoms in total. The minimum atomic E-state index is -0.289. The molecule has 0 spiro atoms. The standard InChI is InChI=1S/C13H10N2O3S/c16-9-5-2-6-10(17)11(9)12(18)7-3-1-4-8-13(7)19-15-14-8/h1,3-4,18H,2,5-6H2. The van der Waals surface area contributed by atoms with Crippen molar-refractivity contribution < 1.29 is 14.7 Å². The maximum absolute atomic E-state index is 11.8. The van der Waals surface area contributed by atoms with Crippen molar-refractivity contribution in [1.29, 1.82) is 0 Å². The predicted octanol–water partition coefficient (Wildman–Crippen LogP) is 2.28. The number of benzene rings is 1. The number of rotatable bonds is 1. The largest absolute Gasteiger partial charge is 0.506 e. The molecule has 19 heavy (non-hydrogen) atoms. The van der Waals surface area contributed by atoms with E-state index in [0.29, 0.717) is 35.0 Å². The van der Waals surface area contributed by atoms with Crippen LogP contribution in [0.1, 0.15) is 24.8 Å². The Hall–Kier alpha value is -2.08. The van der Waals surface area contributed by atoms with Gasteiger partial charge < -0.3 is 5.11 Å². The molecule has 2 aromatic rings. The van der Waals surface area contributed by atoms with Crippen molar-refractivity contribution in [3.05, 3.63) is 29.3 Å². The van der Waals surface area contributed by atoms with Gasteiger partial charge in [-0.25, -0.2) is 0 Å². The number of aromatic nitrogens is 2. The number of ketones is 2. The zero-order valence-electron chi connectivity index (χ0n) is 9.92. The molecule has 1 aliphatic carbocycles. The number of Topliss-reactive ketones (excluding diaryl/α,β-unsaturated/α-hetero) is 2. The van der Waals surface area contributed by atoms with Crippen molar-refractivity contribution in [3.8, 4) is 0 Å². The Kier molecular flexibility index (Phi) is 2.87. The summed E-state index contributed by atoms with van der Waals surface area (Å²) >= 11 is 1.13. The summed E-state index contributed by atoms with van der Waals surface area (Å²) in [5, 5.41) is 14.2. The Morgan fingerprint density at radius 2 is 1.95 bits per heavy atom. The second kappa shape index (κ2) is 4.55. The van der Waals surface area contributed by atoms with Crippen LogP contribution in [0, 0.1) is 0 Å². The highest BCUT2D eigenvalue weighted by Crippen LogP contribution is 2.30. The molecule has 0 bridgehead atoms. The van der Waals surface area contributed by atoms with Crippen molar-refractivity contribution in [2.75, 3.05) is 0 Å². The van der Waals surface area contributed by atoms with Gasteiger partial charge in [0.15, 0.2) is 11.6 Å². The maximum atomic E-state index is 11.8. The first-order chi connectivity index (χ1) is 9.18. The summed E-state index contributed by atoms with van der Waals surface area (Å²) in [5.74, 6) is -0.821. The first-order valence-corrected chi connectivity index (χ1v) is 6.67. The predicted molar refractivity (Wildman–Crippen MR) is 70.8 cm³/mol. The van der Waals surface area contributed by atoms with E-state index in [2.05, 4.69) is 9.59 Å². The summed E-state index contributed by atoms with van der Waals surface area (Å²) in [6.45, 7) is 0. The molecule has 0 amide bonds. The Morgan fingerprint density at radius 3 is 2.68 bits per heavy atom. The molecule has 3 rings (SSSR count). The van der Waals surface area contributed by atoms with Crippen molar-refractivity contribution in [2.45, 2.75) is 19.3 Å². The summed E-state index contributed by atoms with van der Waals surface area (Å²) in [5.41, 5.74) is 1.02. The lowest BCUT2D eigenvalue weighted by atomic mass is 9.90. The molecular formula is C13H10N2O3S. The summed E-state index contributed by atoms with van der Waals surface area (Å²) in [6, 6.07) is 5.15. The second-order valence-corrected chi connectivity index (χ2v) is 5.10. The van der Waals surface area contributed by atoms with Crippen LogP contribution in [0.3, 0.4) is 0 Å². The van der Waals surface area contributed by atoms with Gasteiger partial charge in [-0.15, -0.1) is 5.10 Å². The Bertz CT molecular complexity index is 700. The fraction of sp³-hybridized carbons (Fsp3) is 0.231. The lowest BCUT2D eigenvalue weighted by Crippen LogP contribution is -2.20. The molecule has 1 aromatic heterocycles. The molecule has 0 radical (unpaired) electrons. The van der Waals surface area contributed by atoms with Gasteiger partial charge in [-0.3, -0.25) is 9.59 Å². The quantitative estimate of drug-likeness (QED) is 0.490. The number of fused-ring (bicyclic) bond motifs is 1. The van der Waals surface area contributed by atoms with Crippen molar-refractivity contribution >= 4 is 39.1 Å². The normalized spacial score (nSPS) is 16.1. The molecule has 0 aliphatic heterocycles. The number of nitrogens with zero attached hydrogens (tertiary/aromatic N) is 2. The van der Waals surface area contributed by atoms with E-state index in [4.69, 9.17) is 0 Å². The molecule has 0 unspecified atom stereocenters. The average Bonchev–Trinajstić information content (AvgIpc) is 2.86. The average molecular weight is 274 g/mol. The lowest BCUT2D eigenvalue weighted by Gasteiger charge is -2.13. The van der Waals surface area contributed by atoms with E-state index >= 15 is 0 Å². The van der Waals surface area contributed by atoms with Crippen LogP contribution in [-0.4, -0.2) is 26.3 Å². The molecule has 0 saturated heterocycles. The smallest absolute Gasteiger partial charge is 0.170 e. The van der Waals surface area contributed by atoms with Gasteiger partial charge >= 0.3 is 0 Å². The maximum Gasteiger partial charge on any atom is 0.170 e. The summed E-state index contributed by atoms with van der Waals surface area (Å²) < 4.78 is 4.49. The molecule has 1 fully saturated rings. The molecular weight excluding hydrogens is 264 g/mol. The van der Waals surface area contributed by atoms with E-state index in [0.717, 1.165) is 11.5 Å². The molecule has 1 N–H and O–H groups in total. The van der Waals surface area contributed by atoms with Gasteiger partial charge in [0.25, 0.3) is 0 Å². The fourth-order valence-electron chi connectivity index (χ4n) is 2.21. The van der Waals surface area contributed by atoms with Gasteiger partial charge in [0, 0.05) is 18.4 Å². The van der Waals surface area contributed by atoms with Crippen molar-refractivity contribution in [2.24, 2.45) is 0 Å². The fourth-order valence-corrected chi connectivity index (χ4v) is 2.88. The minimum absolute atomic E-state index is 0.0767. The number of carbonyl (C=O) groups excluding carboxylic acids is 2. The van der Waals surface area contributed by atoms with Gasteiger partial charge in [0.05, 0.1) is 4.70 Å². The Labute approximate surface area is 112 Å². The van der Waals surface area contributed by atoms with Crippen LogP contribution in [0.5, 0.6) is 0 Å². The summed E-state index contributed by atoms with van der Waals surface area (Å²) in [4.78, 5) is 23.7. The third-order valence-electron chi connectivity index (χ3n) is 3.13. The molecule has 1 aromatic carbocycles. The van der Waals surface area contributed by atoms with E-state index in [9.17, 15) is 14.7 Å². The molecule has 96 valence electrons. The first-order valence-electron chi connectivity index (χ1n) is 5.89. The van der Waals surface area contributed by atoms with Gasteiger partial charge in [0.1, 0.15) is 16.8 Å². The topological polar surface area (TPSA) is 80.2 Å². The lowest BCUT2D eigenvalue weighted by molar-refractivity contribution is -0.123. The van der Waals surface area contributed by atoms with Crippen molar-refractivity contribution in [3.63, 3.8) is 0 Å². The van der Waals surface area contributed by atoms with E-state index in [1.54, 1.807) is 18.2 Å². The number of allylic oxidation sites excluding steroid dienone is 1. The van der Waals surface area contributed by atoms with E-state index in [-0.39, 0.29) is 22.9 Å². The SMILES string of the molecule is O=C1CCCC(=O)C1=C(O)c1cccc2nnsc12. The van der Waals surface area contributed by atoms with E-state index in [1.165, 1.54) is 0 Å². The Morgan fingerprint density at radius 1 is 1.21 bits per heavy atom. The van der Waals surface area contributed by atoms with Gasteiger partial charge in [-0.2, -0.15) is 0 Å². The molecule has 6 heteroatoms. The highest BCUT2D eigenvalue weighted by Gasteiger charge is 2.28. The van der Waals surface area contributed by atoms with Gasteiger partial charge in [-0.05, 0) is 30.1 Å². The molecule has 1 aliphatic rings. The zero-order chi connectivity index (χ0) is 13.4. The monoisotopic (exact) mass is 274 g/mol. The number of hydrogen-bond donors (Lipinski definition) is 1. The highest BCUT2D eigenvalue weighted by molar-refractivity contribution is 7.13. The Balaban J connectivity index is 2.22. The first kappa shape index (κ1) is 12.0. The zero-order valence-corrected chi connectivity index (χ0v) is 10.7. The van der Waals surface area contributed by atoms with Gasteiger partial charge in [0.2, 0.25) is 0 Å². The van der Waals surface area contributed by atoms with Crippen LogP contribution in [0.25, 0.3) is 16.0 Å². The molecule has 0 atom stereocenters. The van der Waals surface area contributed by atoms with Crippen LogP contribution in [0.4, 0.5) is 0 Å². The third kappa shape index (κ3) is 1.94. The van der Waals surface area contributed by atoms with Crippen LogP contribution in [-0.2, 0) is 9.59 Å². The minimum Gasteiger partial charge on any atom is -0.506 e. The van der Waals surface area contributed by atoms with E-state index < -0.39 is 0 Å².